The van der Waals surface area contributed by atoms with E-state index in [9.17, 15) is 0 Å². The molecule has 11 aromatic rings. The van der Waals surface area contributed by atoms with Crippen LogP contribution in [0.2, 0.25) is 0 Å². The van der Waals surface area contributed by atoms with Gasteiger partial charge in [0.15, 0.2) is 5.82 Å². The summed E-state index contributed by atoms with van der Waals surface area (Å²) in [5.41, 5.74) is 19.9. The van der Waals surface area contributed by atoms with Gasteiger partial charge in [-0.3, -0.25) is 0 Å². The summed E-state index contributed by atoms with van der Waals surface area (Å²) in [5.74, 6) is 0.670. The van der Waals surface area contributed by atoms with E-state index in [1.54, 1.807) is 0 Å². The van der Waals surface area contributed by atoms with Crippen LogP contribution in [0.15, 0.2) is 224 Å². The van der Waals surface area contributed by atoms with Crippen molar-refractivity contribution >= 4 is 21.8 Å². The SMILES string of the molecule is CC(C)(C)c1ccc(-c2cc(-c3nc(-c4ccccc4)cc(-c4ccccc4)n3)cc(-c3ccc(C(C)(C)C)cc3)c2-n2c3ccc(-c4ccccc4)cc3c3cc(-c4ccccc4)ccc32)cc1. The second kappa shape index (κ2) is 17.5. The first kappa shape index (κ1) is 43.4. The molecular formula is C66H55N3. The average Bonchev–Trinajstić information content (AvgIpc) is 3.71. The van der Waals surface area contributed by atoms with Crippen molar-refractivity contribution in [2.75, 3.05) is 0 Å². The molecule has 334 valence electrons. The Morgan fingerprint density at radius 2 is 0.652 bits per heavy atom. The molecule has 0 radical (unpaired) electrons. The molecule has 0 atom stereocenters. The van der Waals surface area contributed by atoms with E-state index in [1.165, 1.54) is 44.2 Å². The maximum absolute atomic E-state index is 5.41. The molecule has 0 bridgehead atoms. The highest BCUT2D eigenvalue weighted by Crippen LogP contribution is 2.46. The molecule has 69 heavy (non-hydrogen) atoms. The summed E-state index contributed by atoms with van der Waals surface area (Å²) in [4.78, 5) is 10.8. The summed E-state index contributed by atoms with van der Waals surface area (Å²) in [7, 11) is 0. The van der Waals surface area contributed by atoms with Gasteiger partial charge in [0.1, 0.15) is 0 Å². The quantitative estimate of drug-likeness (QED) is 0.152. The van der Waals surface area contributed by atoms with Gasteiger partial charge < -0.3 is 4.57 Å². The van der Waals surface area contributed by atoms with Gasteiger partial charge in [-0.2, -0.15) is 0 Å². The molecule has 0 aliphatic carbocycles. The predicted octanol–water partition coefficient (Wildman–Crippen LogP) is 17.8. The highest BCUT2D eigenvalue weighted by Gasteiger charge is 2.25. The van der Waals surface area contributed by atoms with E-state index >= 15 is 0 Å². The highest BCUT2D eigenvalue weighted by molar-refractivity contribution is 6.13. The standard InChI is InChI=1S/C66H55N3/c1-65(2,3)53-33-27-46(28-34-53)55-41-52(64-67-59(48-23-15-9-16-24-48)43-60(68-64)49-25-17-10-18-26-49)42-56(47-29-35-54(36-30-47)66(4,5)6)63(55)69-61-37-31-50(44-19-11-7-12-20-44)39-57(61)58-40-51(32-38-62(58)69)45-21-13-8-14-22-45/h7-43H,1-6H3. The molecule has 0 saturated carbocycles. The number of nitrogens with zero attached hydrogens (tertiary/aromatic N) is 3. The molecule has 3 heteroatoms. The maximum atomic E-state index is 5.41. The molecule has 0 fully saturated rings. The van der Waals surface area contributed by atoms with Crippen molar-refractivity contribution < 1.29 is 0 Å². The zero-order valence-electron chi connectivity index (χ0n) is 40.2. The van der Waals surface area contributed by atoms with Crippen LogP contribution in [0.1, 0.15) is 52.7 Å². The Balaban J connectivity index is 1.26. The lowest BCUT2D eigenvalue weighted by Crippen LogP contribution is -2.10. The molecule has 0 aliphatic rings. The zero-order chi connectivity index (χ0) is 47.3. The number of benzene rings is 9. The third kappa shape index (κ3) is 8.47. The van der Waals surface area contributed by atoms with E-state index in [2.05, 4.69) is 271 Å². The zero-order valence-corrected chi connectivity index (χ0v) is 40.2. The molecule has 0 unspecified atom stereocenters. The smallest absolute Gasteiger partial charge is 0.160 e. The third-order valence-corrected chi connectivity index (χ3v) is 13.6. The molecule has 0 aliphatic heterocycles. The lowest BCUT2D eigenvalue weighted by atomic mass is 9.84. The van der Waals surface area contributed by atoms with E-state index in [0.29, 0.717) is 5.82 Å². The van der Waals surface area contributed by atoms with Crippen molar-refractivity contribution in [3.8, 4) is 84.1 Å². The minimum Gasteiger partial charge on any atom is -0.308 e. The third-order valence-electron chi connectivity index (χ3n) is 13.6. The van der Waals surface area contributed by atoms with Gasteiger partial charge in [-0.05, 0) is 97.8 Å². The lowest BCUT2D eigenvalue weighted by molar-refractivity contribution is 0.590. The van der Waals surface area contributed by atoms with Crippen molar-refractivity contribution in [2.45, 2.75) is 52.4 Å². The average molecular weight is 890 g/mol. The van der Waals surface area contributed by atoms with Crippen LogP contribution in [0.3, 0.4) is 0 Å². The van der Waals surface area contributed by atoms with Gasteiger partial charge in [0.25, 0.3) is 0 Å². The first-order valence-electron chi connectivity index (χ1n) is 24.1. The first-order chi connectivity index (χ1) is 33.5. The van der Waals surface area contributed by atoms with Crippen LogP contribution in [0.25, 0.3) is 106 Å². The molecule has 0 saturated heterocycles. The van der Waals surface area contributed by atoms with Crippen molar-refractivity contribution in [1.82, 2.24) is 14.5 Å². The van der Waals surface area contributed by atoms with Gasteiger partial charge in [-0.1, -0.05) is 224 Å². The Morgan fingerprint density at radius 1 is 0.304 bits per heavy atom. The summed E-state index contributed by atoms with van der Waals surface area (Å²) >= 11 is 0. The van der Waals surface area contributed by atoms with E-state index < -0.39 is 0 Å². The van der Waals surface area contributed by atoms with E-state index in [-0.39, 0.29) is 10.8 Å². The van der Waals surface area contributed by atoms with Crippen LogP contribution >= 0.6 is 0 Å². The molecule has 3 nitrogen and oxygen atoms in total. The summed E-state index contributed by atoms with van der Waals surface area (Å²) in [6.07, 6.45) is 0. The fourth-order valence-electron chi connectivity index (χ4n) is 9.72. The number of hydrogen-bond donors (Lipinski definition) is 0. The monoisotopic (exact) mass is 889 g/mol. The van der Waals surface area contributed by atoms with Crippen molar-refractivity contribution in [1.29, 1.82) is 0 Å². The Kier molecular flexibility index (Phi) is 11.0. The molecule has 0 spiro atoms. The van der Waals surface area contributed by atoms with Gasteiger partial charge >= 0.3 is 0 Å². The molecular weight excluding hydrogens is 835 g/mol. The Morgan fingerprint density at radius 3 is 1.01 bits per heavy atom. The van der Waals surface area contributed by atoms with Gasteiger partial charge in [-0.15, -0.1) is 0 Å². The molecule has 9 aromatic carbocycles. The number of rotatable bonds is 8. The van der Waals surface area contributed by atoms with Crippen LogP contribution in [-0.4, -0.2) is 14.5 Å². The van der Waals surface area contributed by atoms with Crippen LogP contribution in [-0.2, 0) is 10.8 Å². The summed E-state index contributed by atoms with van der Waals surface area (Å²) < 4.78 is 2.52. The molecule has 2 aromatic heterocycles. The normalized spacial score (nSPS) is 11.9. The van der Waals surface area contributed by atoms with Gasteiger partial charge in [-0.25, -0.2) is 9.97 Å². The summed E-state index contributed by atoms with van der Waals surface area (Å²) in [5, 5.41) is 2.39. The van der Waals surface area contributed by atoms with Crippen molar-refractivity contribution in [2.24, 2.45) is 0 Å². The highest BCUT2D eigenvalue weighted by atomic mass is 15.0. The largest absolute Gasteiger partial charge is 0.308 e. The van der Waals surface area contributed by atoms with E-state index in [1.807, 2.05) is 0 Å². The molecule has 0 N–H and O–H groups in total. The van der Waals surface area contributed by atoms with Gasteiger partial charge in [0.05, 0.1) is 28.1 Å². The van der Waals surface area contributed by atoms with Crippen LogP contribution in [0.4, 0.5) is 0 Å². The molecule has 2 heterocycles. The van der Waals surface area contributed by atoms with Crippen molar-refractivity contribution in [3.63, 3.8) is 0 Å². The van der Waals surface area contributed by atoms with Crippen molar-refractivity contribution in [3.05, 3.63) is 236 Å². The van der Waals surface area contributed by atoms with E-state index in [4.69, 9.17) is 9.97 Å². The summed E-state index contributed by atoms with van der Waals surface area (Å²) in [6, 6.07) is 81.5. The molecule has 11 rings (SSSR count). The number of aromatic nitrogens is 3. The Hall–Kier alpha value is -8.14. The fourth-order valence-corrected chi connectivity index (χ4v) is 9.72. The minimum absolute atomic E-state index is 0.0114. The van der Waals surface area contributed by atoms with E-state index in [0.717, 1.165) is 67.1 Å². The van der Waals surface area contributed by atoms with Crippen LogP contribution < -0.4 is 0 Å². The van der Waals surface area contributed by atoms with Gasteiger partial charge in [0, 0.05) is 38.6 Å². The second-order valence-corrected chi connectivity index (χ2v) is 20.3. The predicted molar refractivity (Wildman–Crippen MR) is 292 cm³/mol. The Labute approximate surface area is 406 Å². The topological polar surface area (TPSA) is 30.7 Å². The second-order valence-electron chi connectivity index (χ2n) is 20.3. The maximum Gasteiger partial charge on any atom is 0.160 e. The fraction of sp³-hybridized carbons (Fsp3) is 0.121. The Bertz CT molecular complexity index is 3380. The number of fused-ring (bicyclic) bond motifs is 3. The minimum atomic E-state index is -0.0114. The summed E-state index contributed by atoms with van der Waals surface area (Å²) in [6.45, 7) is 13.7. The molecule has 0 amide bonds. The lowest BCUT2D eigenvalue weighted by Gasteiger charge is -2.23. The number of hydrogen-bond acceptors (Lipinski definition) is 2. The van der Waals surface area contributed by atoms with Gasteiger partial charge in [0.2, 0.25) is 0 Å². The van der Waals surface area contributed by atoms with Crippen LogP contribution in [0, 0.1) is 0 Å². The first-order valence-corrected chi connectivity index (χ1v) is 24.1. The van der Waals surface area contributed by atoms with Crippen LogP contribution in [0.5, 0.6) is 0 Å².